The zero-order valence-electron chi connectivity index (χ0n) is 22.7. The van der Waals surface area contributed by atoms with Crippen molar-refractivity contribution in [3.05, 3.63) is 59.9 Å². The SMILES string of the molecule is C=CC(=O)N1CCC(Oc2cc3c(Nc4ccc(F)c(Cl)c4F)ncnc3cc2OC)CC1C(=O)NCCS(C)(=O)=O. The lowest BCUT2D eigenvalue weighted by molar-refractivity contribution is -0.140. The van der Waals surface area contributed by atoms with E-state index in [9.17, 15) is 26.8 Å². The first-order chi connectivity index (χ1) is 19.9. The normalized spacial score (nSPS) is 17.0. The minimum Gasteiger partial charge on any atom is -0.493 e. The fraction of sp³-hybridized carbons (Fsp3) is 0.333. The van der Waals surface area contributed by atoms with E-state index in [0.717, 1.165) is 18.4 Å². The molecule has 0 spiro atoms. The molecule has 1 aliphatic heterocycles. The van der Waals surface area contributed by atoms with Crippen LogP contribution in [0.4, 0.5) is 20.3 Å². The maximum absolute atomic E-state index is 14.6. The number of carbonyl (C=O) groups excluding carboxylic acids is 2. The summed E-state index contributed by atoms with van der Waals surface area (Å²) in [5.74, 6) is -2.34. The van der Waals surface area contributed by atoms with Gasteiger partial charge in [0, 0.05) is 43.6 Å². The molecule has 1 aromatic heterocycles. The van der Waals surface area contributed by atoms with Gasteiger partial charge in [-0.05, 0) is 24.3 Å². The van der Waals surface area contributed by atoms with E-state index in [1.54, 1.807) is 12.1 Å². The molecule has 224 valence electrons. The van der Waals surface area contributed by atoms with Crippen LogP contribution < -0.4 is 20.1 Å². The summed E-state index contributed by atoms with van der Waals surface area (Å²) in [4.78, 5) is 35.3. The molecular formula is C27H28ClF2N5O6S. The van der Waals surface area contributed by atoms with Gasteiger partial charge in [-0.3, -0.25) is 9.59 Å². The Morgan fingerprint density at radius 3 is 2.69 bits per heavy atom. The number of carbonyl (C=O) groups is 2. The largest absolute Gasteiger partial charge is 0.493 e. The highest BCUT2D eigenvalue weighted by Crippen LogP contribution is 2.37. The van der Waals surface area contributed by atoms with Crippen LogP contribution in [-0.4, -0.2) is 79.5 Å². The molecule has 1 fully saturated rings. The molecule has 2 N–H and O–H groups in total. The number of aromatic nitrogens is 2. The van der Waals surface area contributed by atoms with Crippen LogP contribution in [-0.2, 0) is 19.4 Å². The number of fused-ring (bicyclic) bond motifs is 1. The number of hydrogen-bond donors (Lipinski definition) is 2. The first-order valence-corrected chi connectivity index (χ1v) is 15.1. The van der Waals surface area contributed by atoms with E-state index in [1.165, 1.54) is 24.4 Å². The van der Waals surface area contributed by atoms with Crippen LogP contribution in [0.15, 0.2) is 43.2 Å². The summed E-state index contributed by atoms with van der Waals surface area (Å²) < 4.78 is 62.9. The van der Waals surface area contributed by atoms with Gasteiger partial charge in [-0.25, -0.2) is 27.2 Å². The van der Waals surface area contributed by atoms with E-state index >= 15 is 0 Å². The number of amides is 2. The third-order valence-corrected chi connectivity index (χ3v) is 7.88. The van der Waals surface area contributed by atoms with E-state index in [-0.39, 0.29) is 42.5 Å². The van der Waals surface area contributed by atoms with Crippen molar-refractivity contribution in [1.82, 2.24) is 20.2 Å². The Labute approximate surface area is 245 Å². The number of nitrogens with zero attached hydrogens (tertiary/aromatic N) is 3. The minimum absolute atomic E-state index is 0.0984. The molecule has 2 heterocycles. The number of halogens is 3. The second-order valence-corrected chi connectivity index (χ2v) is 12.2. The van der Waals surface area contributed by atoms with E-state index in [2.05, 4.69) is 27.2 Å². The van der Waals surface area contributed by atoms with Gasteiger partial charge in [-0.1, -0.05) is 18.2 Å². The molecule has 42 heavy (non-hydrogen) atoms. The Bertz CT molecular complexity index is 1640. The summed E-state index contributed by atoms with van der Waals surface area (Å²) in [7, 11) is -1.86. The number of sulfone groups is 1. The van der Waals surface area contributed by atoms with Crippen LogP contribution >= 0.6 is 11.6 Å². The number of hydrogen-bond acceptors (Lipinski definition) is 9. The first kappa shape index (κ1) is 30.9. The summed E-state index contributed by atoms with van der Waals surface area (Å²) in [6.45, 7) is 3.57. The third kappa shape index (κ3) is 7.05. The molecule has 4 rings (SSSR count). The van der Waals surface area contributed by atoms with Gasteiger partial charge in [0.2, 0.25) is 11.8 Å². The van der Waals surface area contributed by atoms with Gasteiger partial charge in [0.15, 0.2) is 17.3 Å². The van der Waals surface area contributed by atoms with Crippen molar-refractivity contribution >= 4 is 55.7 Å². The van der Waals surface area contributed by atoms with Gasteiger partial charge in [0.05, 0.1) is 24.1 Å². The molecule has 2 atom stereocenters. The molecule has 0 bridgehead atoms. The van der Waals surface area contributed by atoms with Gasteiger partial charge in [-0.2, -0.15) is 0 Å². The summed E-state index contributed by atoms with van der Waals surface area (Å²) in [6.07, 6.45) is 3.34. The van der Waals surface area contributed by atoms with Crippen LogP contribution in [0.2, 0.25) is 5.02 Å². The quantitative estimate of drug-likeness (QED) is 0.257. The van der Waals surface area contributed by atoms with Crippen molar-refractivity contribution < 1.29 is 36.3 Å². The number of piperidine rings is 1. The zero-order valence-corrected chi connectivity index (χ0v) is 24.3. The lowest BCUT2D eigenvalue weighted by Gasteiger charge is -2.38. The molecule has 0 aliphatic carbocycles. The predicted octanol–water partition coefficient (Wildman–Crippen LogP) is 3.40. The maximum Gasteiger partial charge on any atom is 0.246 e. The fourth-order valence-electron chi connectivity index (χ4n) is 4.49. The number of ether oxygens (including phenoxy) is 2. The zero-order chi connectivity index (χ0) is 30.6. The number of likely N-dealkylation sites (tertiary alicyclic amines) is 1. The maximum atomic E-state index is 14.6. The van der Waals surface area contributed by atoms with Crippen LogP contribution in [0.3, 0.4) is 0 Å². The van der Waals surface area contributed by atoms with Crippen molar-refractivity contribution in [2.24, 2.45) is 0 Å². The molecule has 2 aromatic carbocycles. The van der Waals surface area contributed by atoms with E-state index in [4.69, 9.17) is 21.1 Å². The Hall–Kier alpha value is -4.04. The number of anilines is 2. The Morgan fingerprint density at radius 2 is 2.00 bits per heavy atom. The average Bonchev–Trinajstić information content (AvgIpc) is 2.96. The lowest BCUT2D eigenvalue weighted by atomic mass is 9.98. The Morgan fingerprint density at radius 1 is 1.24 bits per heavy atom. The highest BCUT2D eigenvalue weighted by molar-refractivity contribution is 7.90. The van der Waals surface area contributed by atoms with E-state index < -0.39 is 50.5 Å². The molecule has 0 saturated carbocycles. The molecule has 1 saturated heterocycles. The van der Waals surface area contributed by atoms with Gasteiger partial charge >= 0.3 is 0 Å². The fourth-order valence-corrected chi connectivity index (χ4v) is 5.13. The Kier molecular flexibility index (Phi) is 9.46. The second-order valence-electron chi connectivity index (χ2n) is 9.53. The number of benzene rings is 2. The van der Waals surface area contributed by atoms with Crippen molar-refractivity contribution in [3.63, 3.8) is 0 Å². The molecule has 3 aromatic rings. The van der Waals surface area contributed by atoms with Crippen LogP contribution in [0.1, 0.15) is 12.8 Å². The smallest absolute Gasteiger partial charge is 0.246 e. The number of methoxy groups -OCH3 is 1. The summed E-state index contributed by atoms with van der Waals surface area (Å²) in [5.41, 5.74) is 0.323. The minimum atomic E-state index is -3.30. The molecule has 1 aliphatic rings. The van der Waals surface area contributed by atoms with Crippen molar-refractivity contribution in [2.75, 3.05) is 37.5 Å². The highest BCUT2D eigenvalue weighted by Gasteiger charge is 2.36. The van der Waals surface area contributed by atoms with Crippen molar-refractivity contribution in [1.29, 1.82) is 0 Å². The van der Waals surface area contributed by atoms with Gasteiger partial charge in [0.1, 0.15) is 45.0 Å². The monoisotopic (exact) mass is 623 g/mol. The molecule has 11 nitrogen and oxygen atoms in total. The van der Waals surface area contributed by atoms with Crippen LogP contribution in [0, 0.1) is 11.6 Å². The highest BCUT2D eigenvalue weighted by atomic mass is 35.5. The van der Waals surface area contributed by atoms with E-state index in [1.807, 2.05) is 0 Å². The third-order valence-electron chi connectivity index (χ3n) is 6.59. The average molecular weight is 624 g/mol. The predicted molar refractivity (Wildman–Crippen MR) is 153 cm³/mol. The van der Waals surface area contributed by atoms with Gasteiger partial charge in [-0.15, -0.1) is 0 Å². The first-order valence-electron chi connectivity index (χ1n) is 12.7. The van der Waals surface area contributed by atoms with Gasteiger partial charge < -0.3 is 25.0 Å². The van der Waals surface area contributed by atoms with Crippen LogP contribution in [0.25, 0.3) is 10.9 Å². The summed E-state index contributed by atoms with van der Waals surface area (Å²) >= 11 is 5.72. The second kappa shape index (κ2) is 12.9. The molecule has 15 heteroatoms. The van der Waals surface area contributed by atoms with E-state index in [0.29, 0.717) is 23.1 Å². The number of rotatable bonds is 10. The molecule has 2 amide bonds. The molecule has 2 unspecified atom stereocenters. The van der Waals surface area contributed by atoms with Crippen molar-refractivity contribution in [2.45, 2.75) is 25.0 Å². The lowest BCUT2D eigenvalue weighted by Crippen LogP contribution is -2.55. The Balaban J connectivity index is 1.61. The van der Waals surface area contributed by atoms with Gasteiger partial charge in [0.25, 0.3) is 0 Å². The summed E-state index contributed by atoms with van der Waals surface area (Å²) in [5, 5.41) is 5.13. The molecular weight excluding hydrogens is 596 g/mol. The molecule has 0 radical (unpaired) electrons. The van der Waals surface area contributed by atoms with Crippen LogP contribution in [0.5, 0.6) is 11.5 Å². The topological polar surface area (TPSA) is 140 Å². The number of nitrogens with one attached hydrogen (secondary N) is 2. The standard InChI is InChI=1S/C27H28ClF2N5O6S/c1-4-23(36)35-9-7-15(11-20(35)27(37)31-8-10-42(3,38)39)41-22-12-16-19(13-21(22)40-2)32-14-33-26(16)34-18-6-5-17(29)24(28)25(18)30/h4-6,12-15,20H,1,7-11H2,2-3H3,(H,31,37)(H,32,33,34). The summed E-state index contributed by atoms with van der Waals surface area (Å²) in [6, 6.07) is 4.45. The van der Waals surface area contributed by atoms with Crippen molar-refractivity contribution in [3.8, 4) is 11.5 Å².